The molecule has 0 aromatic heterocycles. The molecule has 3 fully saturated rings. The van der Waals surface area contributed by atoms with E-state index in [0.29, 0.717) is 19.1 Å². The number of hydrogen-bond donors (Lipinski definition) is 0. The molecular formula is C17H28N4O3. The normalized spacial score (nSPS) is 24.6. The fourth-order valence-corrected chi connectivity index (χ4v) is 4.06. The Labute approximate surface area is 143 Å². The molecular weight excluding hydrogens is 308 g/mol. The second-order valence-corrected chi connectivity index (χ2v) is 7.18. The molecule has 7 nitrogen and oxygen atoms in total. The Bertz CT molecular complexity index is 504. The molecule has 7 heteroatoms. The van der Waals surface area contributed by atoms with Crippen LogP contribution in [0.5, 0.6) is 0 Å². The average molecular weight is 336 g/mol. The number of amides is 4. The van der Waals surface area contributed by atoms with Gasteiger partial charge in [0.15, 0.2) is 0 Å². The van der Waals surface area contributed by atoms with Gasteiger partial charge in [0.05, 0.1) is 0 Å². The zero-order valence-corrected chi connectivity index (χ0v) is 14.6. The Morgan fingerprint density at radius 2 is 1.75 bits per heavy atom. The molecule has 2 heterocycles. The molecule has 3 rings (SSSR count). The van der Waals surface area contributed by atoms with E-state index in [1.165, 1.54) is 37.0 Å². The van der Waals surface area contributed by atoms with Gasteiger partial charge in [0.1, 0.15) is 13.1 Å². The van der Waals surface area contributed by atoms with Crippen LogP contribution in [0.1, 0.15) is 38.5 Å². The standard InChI is InChI=1S/C17H28N4O3/c1-18-12-16(23)21(17(18)24)13-15(22)20-9-5-8-19(10-11-20)14-6-3-2-4-7-14/h14H,2-13H2,1H3. The Morgan fingerprint density at radius 3 is 2.42 bits per heavy atom. The molecule has 1 saturated carbocycles. The summed E-state index contributed by atoms with van der Waals surface area (Å²) in [4.78, 5) is 43.0. The first-order valence-corrected chi connectivity index (χ1v) is 9.13. The van der Waals surface area contributed by atoms with Crippen molar-refractivity contribution < 1.29 is 14.4 Å². The van der Waals surface area contributed by atoms with Gasteiger partial charge in [-0.25, -0.2) is 4.79 Å². The highest BCUT2D eigenvalue weighted by atomic mass is 16.2. The second kappa shape index (κ2) is 7.51. The number of carbonyl (C=O) groups is 3. The first kappa shape index (κ1) is 17.2. The van der Waals surface area contributed by atoms with Crippen molar-refractivity contribution in [1.29, 1.82) is 0 Å². The van der Waals surface area contributed by atoms with E-state index in [-0.39, 0.29) is 30.9 Å². The van der Waals surface area contributed by atoms with Gasteiger partial charge in [-0.3, -0.25) is 19.4 Å². The van der Waals surface area contributed by atoms with Crippen LogP contribution in [-0.2, 0) is 9.59 Å². The van der Waals surface area contributed by atoms with Gasteiger partial charge < -0.3 is 9.80 Å². The molecule has 3 aliphatic rings. The van der Waals surface area contributed by atoms with E-state index in [0.717, 1.165) is 24.4 Å². The first-order valence-electron chi connectivity index (χ1n) is 9.13. The van der Waals surface area contributed by atoms with Crippen LogP contribution in [0.15, 0.2) is 0 Å². The number of carbonyl (C=O) groups excluding carboxylic acids is 3. The third-order valence-electron chi connectivity index (χ3n) is 5.50. The molecule has 0 N–H and O–H groups in total. The van der Waals surface area contributed by atoms with E-state index >= 15 is 0 Å². The molecule has 24 heavy (non-hydrogen) atoms. The molecule has 0 atom stereocenters. The summed E-state index contributed by atoms with van der Waals surface area (Å²) in [5.74, 6) is -0.396. The monoisotopic (exact) mass is 336 g/mol. The Hall–Kier alpha value is -1.63. The molecule has 4 amide bonds. The zero-order valence-electron chi connectivity index (χ0n) is 14.6. The second-order valence-electron chi connectivity index (χ2n) is 7.18. The predicted molar refractivity (Wildman–Crippen MR) is 89.4 cm³/mol. The van der Waals surface area contributed by atoms with Crippen LogP contribution >= 0.6 is 0 Å². The summed E-state index contributed by atoms with van der Waals surface area (Å²) < 4.78 is 0. The van der Waals surface area contributed by atoms with Crippen LogP contribution in [0.4, 0.5) is 4.79 Å². The number of hydrogen-bond acceptors (Lipinski definition) is 4. The van der Waals surface area contributed by atoms with E-state index in [4.69, 9.17) is 0 Å². The highest BCUT2D eigenvalue weighted by Crippen LogP contribution is 2.23. The lowest BCUT2D eigenvalue weighted by Gasteiger charge is -2.33. The van der Waals surface area contributed by atoms with E-state index < -0.39 is 0 Å². The summed E-state index contributed by atoms with van der Waals surface area (Å²) in [7, 11) is 1.58. The predicted octanol–water partition coefficient (Wildman–Crippen LogP) is 0.747. The Balaban J connectivity index is 1.53. The van der Waals surface area contributed by atoms with Crippen molar-refractivity contribution in [2.75, 3.05) is 46.3 Å². The molecule has 1 aliphatic carbocycles. The summed E-state index contributed by atoms with van der Waals surface area (Å²) in [5, 5.41) is 0. The summed E-state index contributed by atoms with van der Waals surface area (Å²) in [5.41, 5.74) is 0. The maximum absolute atomic E-state index is 12.5. The zero-order chi connectivity index (χ0) is 17.1. The van der Waals surface area contributed by atoms with Crippen molar-refractivity contribution in [3.63, 3.8) is 0 Å². The van der Waals surface area contributed by atoms with Gasteiger partial charge in [0.25, 0.3) is 5.91 Å². The van der Waals surface area contributed by atoms with Gasteiger partial charge in [-0.05, 0) is 19.3 Å². The van der Waals surface area contributed by atoms with Gasteiger partial charge in [-0.15, -0.1) is 0 Å². The summed E-state index contributed by atoms with van der Waals surface area (Å²) in [6, 6.07) is 0.302. The minimum atomic E-state index is -0.369. The number of likely N-dealkylation sites (N-methyl/N-ethyl adjacent to an activating group) is 1. The van der Waals surface area contributed by atoms with Crippen molar-refractivity contribution >= 4 is 17.8 Å². The van der Waals surface area contributed by atoms with Crippen molar-refractivity contribution in [2.45, 2.75) is 44.6 Å². The van der Waals surface area contributed by atoms with Crippen LogP contribution in [-0.4, -0.2) is 89.8 Å². The molecule has 0 aromatic rings. The number of urea groups is 1. The van der Waals surface area contributed by atoms with Crippen molar-refractivity contribution in [2.24, 2.45) is 0 Å². The highest BCUT2D eigenvalue weighted by molar-refractivity contribution is 6.04. The minimum absolute atomic E-state index is 0.0710. The van der Waals surface area contributed by atoms with Gasteiger partial charge >= 0.3 is 6.03 Å². The average Bonchev–Trinajstić information content (AvgIpc) is 2.79. The molecule has 0 radical (unpaired) electrons. The number of rotatable bonds is 3. The molecule has 2 aliphatic heterocycles. The number of nitrogens with zero attached hydrogens (tertiary/aromatic N) is 4. The van der Waals surface area contributed by atoms with E-state index in [2.05, 4.69) is 4.90 Å². The van der Waals surface area contributed by atoms with Gasteiger partial charge in [0, 0.05) is 39.3 Å². The highest BCUT2D eigenvalue weighted by Gasteiger charge is 2.36. The van der Waals surface area contributed by atoms with E-state index in [9.17, 15) is 14.4 Å². The quantitative estimate of drug-likeness (QED) is 0.714. The Kier molecular flexibility index (Phi) is 5.38. The van der Waals surface area contributed by atoms with Crippen LogP contribution in [0.3, 0.4) is 0 Å². The lowest BCUT2D eigenvalue weighted by Crippen LogP contribution is -2.45. The lowest BCUT2D eigenvalue weighted by molar-refractivity contribution is -0.136. The third kappa shape index (κ3) is 3.71. The fraction of sp³-hybridized carbons (Fsp3) is 0.824. The van der Waals surface area contributed by atoms with Crippen molar-refractivity contribution in [1.82, 2.24) is 19.6 Å². The molecule has 2 saturated heterocycles. The molecule has 0 aromatic carbocycles. The van der Waals surface area contributed by atoms with Crippen LogP contribution in [0.2, 0.25) is 0 Å². The van der Waals surface area contributed by atoms with Gasteiger partial charge in [-0.1, -0.05) is 19.3 Å². The largest absolute Gasteiger partial charge is 0.340 e. The summed E-state index contributed by atoms with van der Waals surface area (Å²) in [6.45, 7) is 3.31. The minimum Gasteiger partial charge on any atom is -0.340 e. The first-order chi connectivity index (χ1) is 11.6. The summed E-state index contributed by atoms with van der Waals surface area (Å²) >= 11 is 0. The molecule has 0 spiro atoms. The SMILES string of the molecule is CN1CC(=O)N(CC(=O)N2CCCN(C3CCCCC3)CC2)C1=O. The number of imide groups is 1. The third-order valence-corrected chi connectivity index (χ3v) is 5.50. The van der Waals surface area contributed by atoms with Crippen LogP contribution < -0.4 is 0 Å². The lowest BCUT2D eigenvalue weighted by atomic mass is 9.94. The van der Waals surface area contributed by atoms with Crippen LogP contribution in [0, 0.1) is 0 Å². The van der Waals surface area contributed by atoms with Crippen molar-refractivity contribution in [3.8, 4) is 0 Å². The Morgan fingerprint density at radius 1 is 1.00 bits per heavy atom. The maximum atomic E-state index is 12.5. The van der Waals surface area contributed by atoms with E-state index in [1.54, 1.807) is 7.05 Å². The molecule has 0 unspecified atom stereocenters. The molecule has 134 valence electrons. The van der Waals surface area contributed by atoms with Gasteiger partial charge in [0.2, 0.25) is 5.91 Å². The smallest absolute Gasteiger partial charge is 0.327 e. The van der Waals surface area contributed by atoms with Gasteiger partial charge in [-0.2, -0.15) is 0 Å². The summed E-state index contributed by atoms with van der Waals surface area (Å²) in [6.07, 6.45) is 7.49. The van der Waals surface area contributed by atoms with Crippen LogP contribution in [0.25, 0.3) is 0 Å². The maximum Gasteiger partial charge on any atom is 0.327 e. The van der Waals surface area contributed by atoms with Crippen molar-refractivity contribution in [3.05, 3.63) is 0 Å². The molecule has 0 bridgehead atoms. The topological polar surface area (TPSA) is 64.2 Å². The fourth-order valence-electron chi connectivity index (χ4n) is 4.06. The van der Waals surface area contributed by atoms with E-state index in [1.807, 2.05) is 4.90 Å².